The molecule has 2 aromatic carbocycles. The van der Waals surface area contributed by atoms with E-state index in [9.17, 15) is 27.2 Å². The zero-order chi connectivity index (χ0) is 21.1. The first kappa shape index (κ1) is 20.8. The molecule has 0 heterocycles. The van der Waals surface area contributed by atoms with Gasteiger partial charge in [-0.05, 0) is 36.4 Å². The van der Waals surface area contributed by atoms with Crippen molar-refractivity contribution in [2.75, 3.05) is 18.9 Å². The molecular formula is C17H14FNO8S. The van der Waals surface area contributed by atoms with Gasteiger partial charge < -0.3 is 14.6 Å². The molecule has 148 valence electrons. The number of anilines is 1. The standard InChI is InChI=1S/C17H14FNO8S/c1-26-16(22)10-5-11(17(23)27-2)7-12(6-10)19-28(24,25)14-8-9(15(20)21)3-4-13(14)18/h3-8,19H,1-2H3,(H,20,21). The van der Waals surface area contributed by atoms with Gasteiger partial charge in [-0.25, -0.2) is 27.2 Å². The number of hydrogen-bond donors (Lipinski definition) is 2. The summed E-state index contributed by atoms with van der Waals surface area (Å²) in [5.41, 5.74) is -1.03. The summed E-state index contributed by atoms with van der Waals surface area (Å²) in [4.78, 5) is 33.6. The lowest BCUT2D eigenvalue weighted by Crippen LogP contribution is -2.17. The van der Waals surface area contributed by atoms with E-state index in [1.54, 1.807) is 0 Å². The van der Waals surface area contributed by atoms with Crippen LogP contribution in [-0.2, 0) is 19.5 Å². The molecule has 0 radical (unpaired) electrons. The Morgan fingerprint density at radius 1 is 0.929 bits per heavy atom. The molecule has 0 aromatic heterocycles. The topological polar surface area (TPSA) is 136 Å². The molecule has 0 aliphatic carbocycles. The van der Waals surface area contributed by atoms with Crippen molar-refractivity contribution in [3.05, 3.63) is 58.9 Å². The van der Waals surface area contributed by atoms with Crippen molar-refractivity contribution >= 4 is 33.6 Å². The smallest absolute Gasteiger partial charge is 0.337 e. The second-order valence-corrected chi connectivity index (χ2v) is 6.99. The third kappa shape index (κ3) is 4.43. The second kappa shape index (κ2) is 8.05. The number of rotatable bonds is 6. The minimum Gasteiger partial charge on any atom is -0.478 e. The van der Waals surface area contributed by atoms with Crippen molar-refractivity contribution in [3.63, 3.8) is 0 Å². The number of carbonyl (C=O) groups is 3. The molecule has 0 saturated carbocycles. The third-order valence-corrected chi connectivity index (χ3v) is 4.89. The lowest BCUT2D eigenvalue weighted by atomic mass is 10.1. The number of carboxylic acid groups (broad SMARTS) is 1. The van der Waals surface area contributed by atoms with Crippen LogP contribution in [0.1, 0.15) is 31.1 Å². The van der Waals surface area contributed by atoms with Crippen molar-refractivity contribution in [3.8, 4) is 0 Å². The fraction of sp³-hybridized carbons (Fsp3) is 0.118. The van der Waals surface area contributed by atoms with Crippen LogP contribution >= 0.6 is 0 Å². The number of methoxy groups -OCH3 is 2. The molecule has 0 aliphatic heterocycles. The Kier molecular flexibility index (Phi) is 5.99. The molecule has 2 N–H and O–H groups in total. The molecule has 0 bridgehead atoms. The number of carboxylic acids is 1. The Hall–Kier alpha value is -3.47. The molecular weight excluding hydrogens is 397 g/mol. The highest BCUT2D eigenvalue weighted by Crippen LogP contribution is 2.23. The van der Waals surface area contributed by atoms with Gasteiger partial charge in [0.25, 0.3) is 10.0 Å². The van der Waals surface area contributed by atoms with Crippen LogP contribution in [-0.4, -0.2) is 45.7 Å². The average Bonchev–Trinajstić information content (AvgIpc) is 2.65. The van der Waals surface area contributed by atoms with Crippen molar-refractivity contribution in [2.45, 2.75) is 4.90 Å². The number of ether oxygens (including phenoxy) is 2. The lowest BCUT2D eigenvalue weighted by molar-refractivity contribution is 0.0597. The summed E-state index contributed by atoms with van der Waals surface area (Å²) in [6.45, 7) is 0. The number of carbonyl (C=O) groups excluding carboxylic acids is 2. The van der Waals surface area contributed by atoms with E-state index in [4.69, 9.17) is 5.11 Å². The van der Waals surface area contributed by atoms with Crippen LogP contribution in [0.2, 0.25) is 0 Å². The van der Waals surface area contributed by atoms with Crippen molar-refractivity contribution in [2.24, 2.45) is 0 Å². The van der Waals surface area contributed by atoms with Gasteiger partial charge in [0.05, 0.1) is 36.6 Å². The summed E-state index contributed by atoms with van der Waals surface area (Å²) in [6.07, 6.45) is 0. The number of esters is 2. The maximum absolute atomic E-state index is 14.0. The van der Waals surface area contributed by atoms with Crippen LogP contribution in [0.5, 0.6) is 0 Å². The molecule has 0 unspecified atom stereocenters. The van der Waals surface area contributed by atoms with E-state index in [1.165, 1.54) is 0 Å². The van der Waals surface area contributed by atoms with E-state index in [0.717, 1.165) is 38.5 Å². The van der Waals surface area contributed by atoms with Gasteiger partial charge in [-0.3, -0.25) is 4.72 Å². The summed E-state index contributed by atoms with van der Waals surface area (Å²) in [6, 6.07) is 5.50. The quantitative estimate of drug-likeness (QED) is 0.688. The van der Waals surface area contributed by atoms with Gasteiger partial charge in [0, 0.05) is 0 Å². The number of benzene rings is 2. The molecule has 0 fully saturated rings. The largest absolute Gasteiger partial charge is 0.478 e. The van der Waals surface area contributed by atoms with Gasteiger partial charge >= 0.3 is 17.9 Å². The first-order valence-corrected chi connectivity index (χ1v) is 8.94. The molecule has 28 heavy (non-hydrogen) atoms. The minimum absolute atomic E-state index is 0.164. The van der Waals surface area contributed by atoms with Gasteiger partial charge in [0.1, 0.15) is 10.7 Å². The Balaban J connectivity index is 2.54. The zero-order valence-electron chi connectivity index (χ0n) is 14.6. The highest BCUT2D eigenvalue weighted by atomic mass is 32.2. The van der Waals surface area contributed by atoms with Gasteiger partial charge in [-0.2, -0.15) is 0 Å². The van der Waals surface area contributed by atoms with Crippen LogP contribution in [0.15, 0.2) is 41.3 Å². The fourth-order valence-electron chi connectivity index (χ4n) is 2.21. The van der Waals surface area contributed by atoms with Crippen LogP contribution in [0.3, 0.4) is 0 Å². The predicted molar refractivity (Wildman–Crippen MR) is 93.3 cm³/mol. The maximum atomic E-state index is 14.0. The van der Waals surface area contributed by atoms with E-state index in [1.807, 2.05) is 4.72 Å². The maximum Gasteiger partial charge on any atom is 0.337 e. The normalized spacial score (nSPS) is 10.8. The van der Waals surface area contributed by atoms with E-state index in [2.05, 4.69) is 9.47 Å². The van der Waals surface area contributed by atoms with Gasteiger partial charge in [0.2, 0.25) is 0 Å². The SMILES string of the molecule is COC(=O)c1cc(NS(=O)(=O)c2cc(C(=O)O)ccc2F)cc(C(=O)OC)c1. The van der Waals surface area contributed by atoms with Crippen molar-refractivity contribution < 1.29 is 41.8 Å². The highest BCUT2D eigenvalue weighted by Gasteiger charge is 2.23. The average molecular weight is 411 g/mol. The minimum atomic E-state index is -4.59. The van der Waals surface area contributed by atoms with E-state index >= 15 is 0 Å². The molecule has 0 saturated heterocycles. The van der Waals surface area contributed by atoms with E-state index in [0.29, 0.717) is 12.1 Å². The Morgan fingerprint density at radius 3 is 1.93 bits per heavy atom. The Bertz CT molecular complexity index is 1030. The Morgan fingerprint density at radius 2 is 1.46 bits per heavy atom. The number of nitrogens with one attached hydrogen (secondary N) is 1. The molecule has 9 nitrogen and oxygen atoms in total. The molecule has 0 aliphatic rings. The molecule has 0 spiro atoms. The third-order valence-electron chi connectivity index (χ3n) is 3.50. The van der Waals surface area contributed by atoms with Crippen LogP contribution < -0.4 is 4.72 Å². The van der Waals surface area contributed by atoms with E-state index < -0.39 is 44.2 Å². The summed E-state index contributed by atoms with van der Waals surface area (Å²) < 4.78 is 50.1. The van der Waals surface area contributed by atoms with Crippen molar-refractivity contribution in [1.82, 2.24) is 0 Å². The second-order valence-electron chi connectivity index (χ2n) is 5.34. The van der Waals surface area contributed by atoms with Crippen LogP contribution in [0.25, 0.3) is 0 Å². The first-order valence-electron chi connectivity index (χ1n) is 7.46. The molecule has 11 heteroatoms. The van der Waals surface area contributed by atoms with Gasteiger partial charge in [0.15, 0.2) is 0 Å². The number of aromatic carboxylic acids is 1. The lowest BCUT2D eigenvalue weighted by Gasteiger charge is -2.12. The van der Waals surface area contributed by atoms with Crippen molar-refractivity contribution in [1.29, 1.82) is 0 Å². The summed E-state index contributed by atoms with van der Waals surface area (Å²) in [5, 5.41) is 8.96. The number of halogens is 1. The monoisotopic (exact) mass is 411 g/mol. The zero-order valence-corrected chi connectivity index (χ0v) is 15.4. The predicted octanol–water partition coefficient (Wildman–Crippen LogP) is 1.90. The number of hydrogen-bond acceptors (Lipinski definition) is 7. The highest BCUT2D eigenvalue weighted by molar-refractivity contribution is 7.92. The summed E-state index contributed by atoms with van der Waals surface area (Å²) in [5.74, 6) is -4.34. The molecule has 2 rings (SSSR count). The van der Waals surface area contributed by atoms with Crippen LogP contribution in [0, 0.1) is 5.82 Å². The summed E-state index contributed by atoms with van der Waals surface area (Å²) in [7, 11) is -2.42. The molecule has 0 amide bonds. The first-order chi connectivity index (χ1) is 13.1. The Labute approximate surface area is 158 Å². The van der Waals surface area contributed by atoms with Crippen LogP contribution in [0.4, 0.5) is 10.1 Å². The fourth-order valence-corrected chi connectivity index (χ4v) is 3.36. The van der Waals surface area contributed by atoms with Gasteiger partial charge in [-0.1, -0.05) is 0 Å². The van der Waals surface area contributed by atoms with Gasteiger partial charge in [-0.15, -0.1) is 0 Å². The number of sulfonamides is 1. The van der Waals surface area contributed by atoms with E-state index in [-0.39, 0.29) is 16.8 Å². The molecule has 0 atom stereocenters. The summed E-state index contributed by atoms with van der Waals surface area (Å²) >= 11 is 0. The molecule has 2 aromatic rings.